The number of ether oxygens (including phenoxy) is 1. The molecule has 1 saturated heterocycles. The van der Waals surface area contributed by atoms with Gasteiger partial charge < -0.3 is 4.74 Å². The van der Waals surface area contributed by atoms with Crippen LogP contribution in [0.25, 0.3) is 0 Å². The van der Waals surface area contributed by atoms with Crippen LogP contribution in [0.4, 0.5) is 5.69 Å². The van der Waals surface area contributed by atoms with Gasteiger partial charge in [0.25, 0.3) is 23.4 Å². The van der Waals surface area contributed by atoms with Gasteiger partial charge in [-0.1, -0.05) is 28.8 Å². The molecule has 12 heteroatoms. The molecule has 0 unspecified atom stereocenters. The topological polar surface area (TPSA) is 144 Å². The Labute approximate surface area is 248 Å². The van der Waals surface area contributed by atoms with E-state index in [2.05, 4.69) is 15.9 Å². The molecule has 42 heavy (non-hydrogen) atoms. The molecule has 0 radical (unpaired) electrons. The second-order valence-corrected chi connectivity index (χ2v) is 10.9. The van der Waals surface area contributed by atoms with Crippen molar-refractivity contribution in [3.8, 4) is 5.75 Å². The van der Waals surface area contributed by atoms with E-state index in [4.69, 9.17) is 4.74 Å². The third-order valence-electron chi connectivity index (χ3n) is 7.38. The predicted octanol–water partition coefficient (Wildman–Crippen LogP) is 4.99. The van der Waals surface area contributed by atoms with Gasteiger partial charge in [0.1, 0.15) is 12.3 Å². The number of benzene rings is 3. The Kier molecular flexibility index (Phi) is 8.25. The molecule has 2 aliphatic rings. The molecule has 0 bridgehead atoms. The molecule has 0 spiro atoms. The molecule has 1 heterocycles. The number of hydrogen-bond donors (Lipinski definition) is 0. The van der Waals surface area contributed by atoms with Crippen molar-refractivity contribution in [2.24, 2.45) is 11.8 Å². The molecule has 2 fully saturated rings. The fourth-order valence-corrected chi connectivity index (χ4v) is 5.44. The van der Waals surface area contributed by atoms with E-state index in [1.165, 1.54) is 36.4 Å². The summed E-state index contributed by atoms with van der Waals surface area (Å²) in [7, 11) is 0. The van der Waals surface area contributed by atoms with Crippen molar-refractivity contribution in [1.82, 2.24) is 10.0 Å². The molecule has 3 aromatic rings. The van der Waals surface area contributed by atoms with Crippen LogP contribution in [0.1, 0.15) is 56.8 Å². The Morgan fingerprint density at radius 1 is 0.833 bits per heavy atom. The van der Waals surface area contributed by atoms with Gasteiger partial charge in [-0.05, 0) is 73.5 Å². The summed E-state index contributed by atoms with van der Waals surface area (Å²) in [5.41, 5.74) is 0.212. The average molecular weight is 634 g/mol. The van der Waals surface area contributed by atoms with Crippen molar-refractivity contribution >= 4 is 51.1 Å². The first-order valence-electron chi connectivity index (χ1n) is 13.2. The third kappa shape index (κ3) is 5.84. The molecule has 11 nitrogen and oxygen atoms in total. The fraction of sp³-hybridized carbons (Fsp3) is 0.233. The summed E-state index contributed by atoms with van der Waals surface area (Å²) in [5, 5.41) is 12.7. The van der Waals surface area contributed by atoms with Crippen molar-refractivity contribution in [3.05, 3.63) is 104 Å². The lowest BCUT2D eigenvalue weighted by atomic mass is 9.81. The Bertz CT molecular complexity index is 1550. The number of nitro groups is 1. The number of nitrogens with zero attached hydrogens (tertiary/aromatic N) is 3. The van der Waals surface area contributed by atoms with E-state index < -0.39 is 52.8 Å². The zero-order valence-corrected chi connectivity index (χ0v) is 23.7. The van der Waals surface area contributed by atoms with Crippen LogP contribution in [-0.2, 0) is 9.59 Å². The van der Waals surface area contributed by atoms with Gasteiger partial charge in [0.15, 0.2) is 5.78 Å². The second-order valence-electron chi connectivity index (χ2n) is 10.00. The highest BCUT2D eigenvalue weighted by molar-refractivity contribution is 9.10. The number of hydrazine groups is 1. The van der Waals surface area contributed by atoms with Crippen LogP contribution < -0.4 is 4.74 Å². The summed E-state index contributed by atoms with van der Waals surface area (Å²) < 4.78 is 6.17. The van der Waals surface area contributed by atoms with Gasteiger partial charge in [-0.15, -0.1) is 0 Å². The van der Waals surface area contributed by atoms with Crippen LogP contribution in [-0.4, -0.2) is 51.0 Å². The number of amides is 3. The number of fused-ring (bicyclic) bond motifs is 1. The second kappa shape index (κ2) is 12.0. The van der Waals surface area contributed by atoms with Gasteiger partial charge in [-0.3, -0.25) is 29.3 Å². The maximum Gasteiger partial charge on any atom is 0.343 e. The first-order chi connectivity index (χ1) is 20.1. The first-order valence-corrected chi connectivity index (χ1v) is 14.0. The predicted molar refractivity (Wildman–Crippen MR) is 151 cm³/mol. The fourth-order valence-electron chi connectivity index (χ4n) is 5.18. The smallest absolute Gasteiger partial charge is 0.343 e. The molecular weight excluding hydrogens is 610 g/mol. The molecule has 2 atom stereocenters. The van der Waals surface area contributed by atoms with Crippen LogP contribution in [0, 0.1) is 22.0 Å². The quantitative estimate of drug-likeness (QED) is 0.0842. The van der Waals surface area contributed by atoms with E-state index in [9.17, 15) is 34.1 Å². The minimum atomic E-state index is -0.821. The van der Waals surface area contributed by atoms with Crippen LogP contribution >= 0.6 is 15.9 Å². The maximum absolute atomic E-state index is 13.6. The Balaban J connectivity index is 1.37. The van der Waals surface area contributed by atoms with Gasteiger partial charge >= 0.3 is 5.97 Å². The number of carbonyl (C=O) groups is 5. The van der Waals surface area contributed by atoms with E-state index in [-0.39, 0.29) is 22.6 Å². The van der Waals surface area contributed by atoms with Crippen LogP contribution in [0.3, 0.4) is 0 Å². The minimum absolute atomic E-state index is 0.0286. The van der Waals surface area contributed by atoms with Gasteiger partial charge in [0.2, 0.25) is 0 Å². The van der Waals surface area contributed by atoms with Gasteiger partial charge in [0, 0.05) is 27.7 Å². The zero-order chi connectivity index (χ0) is 30.0. The number of ketones is 1. The standard InChI is InChI=1S/C30H24BrN3O8/c31-21-11-5-20(6-12-21)30(39)42-23-15-9-18(10-16-23)26(35)17-32(27(36)19-7-13-22(14-8-19)34(40)41)33-28(37)24-3-1-2-4-25(24)29(33)38/h5-16,24-25H,1-4,17H2/t24-,25-/m1/s1. The number of hydrogen-bond acceptors (Lipinski definition) is 8. The third-order valence-corrected chi connectivity index (χ3v) is 7.91. The van der Waals surface area contributed by atoms with E-state index in [0.717, 1.165) is 39.5 Å². The SMILES string of the molecule is O=C(CN(C(=O)c1ccc([N+](=O)[O-])cc1)N1C(=O)[C@@H]2CCCC[C@H]2C1=O)c1ccc(OC(=O)c2ccc(Br)cc2)cc1. The molecule has 3 aromatic carbocycles. The van der Waals surface area contributed by atoms with Crippen molar-refractivity contribution < 1.29 is 33.6 Å². The van der Waals surface area contributed by atoms with E-state index >= 15 is 0 Å². The largest absolute Gasteiger partial charge is 0.423 e. The number of carbonyl (C=O) groups excluding carboxylic acids is 5. The van der Waals surface area contributed by atoms with Gasteiger partial charge in [-0.25, -0.2) is 9.80 Å². The number of imide groups is 1. The highest BCUT2D eigenvalue weighted by Gasteiger charge is 2.51. The number of non-ortho nitro benzene ring substituents is 1. The molecule has 1 saturated carbocycles. The van der Waals surface area contributed by atoms with Gasteiger partial charge in [-0.2, -0.15) is 5.01 Å². The number of nitro benzene ring substituents is 1. The Morgan fingerprint density at radius 3 is 1.90 bits per heavy atom. The van der Waals surface area contributed by atoms with Crippen molar-refractivity contribution in [1.29, 1.82) is 0 Å². The maximum atomic E-state index is 13.6. The van der Waals surface area contributed by atoms with Crippen LogP contribution in [0.5, 0.6) is 5.75 Å². The lowest BCUT2D eigenvalue weighted by molar-refractivity contribution is -0.384. The summed E-state index contributed by atoms with van der Waals surface area (Å²) in [6, 6.07) is 17.0. The lowest BCUT2D eigenvalue weighted by Crippen LogP contribution is -2.52. The van der Waals surface area contributed by atoms with Crippen LogP contribution in [0.15, 0.2) is 77.3 Å². The van der Waals surface area contributed by atoms with Crippen LogP contribution in [0.2, 0.25) is 0 Å². The summed E-state index contributed by atoms with van der Waals surface area (Å²) >= 11 is 3.30. The lowest BCUT2D eigenvalue weighted by Gasteiger charge is -2.30. The molecule has 214 valence electrons. The summed E-state index contributed by atoms with van der Waals surface area (Å²) in [6.45, 7) is -0.634. The molecule has 1 aliphatic carbocycles. The summed E-state index contributed by atoms with van der Waals surface area (Å²) in [4.78, 5) is 76.5. The van der Waals surface area contributed by atoms with Crippen molar-refractivity contribution in [2.45, 2.75) is 25.7 Å². The molecule has 1 aliphatic heterocycles. The Morgan fingerprint density at radius 2 is 1.36 bits per heavy atom. The van der Waals surface area contributed by atoms with E-state index in [0.29, 0.717) is 18.4 Å². The van der Waals surface area contributed by atoms with Crippen molar-refractivity contribution in [3.63, 3.8) is 0 Å². The molecule has 0 N–H and O–H groups in total. The highest BCUT2D eigenvalue weighted by Crippen LogP contribution is 2.39. The normalized spacial score (nSPS) is 17.9. The molecule has 3 amide bonds. The minimum Gasteiger partial charge on any atom is -0.423 e. The average Bonchev–Trinajstić information content (AvgIpc) is 3.25. The highest BCUT2D eigenvalue weighted by atomic mass is 79.9. The van der Waals surface area contributed by atoms with E-state index in [1.807, 2.05) is 0 Å². The number of Topliss-reactive ketones (excluding diaryl/α,β-unsaturated/α-hetero) is 1. The van der Waals surface area contributed by atoms with Crippen molar-refractivity contribution in [2.75, 3.05) is 6.54 Å². The summed E-state index contributed by atoms with van der Waals surface area (Å²) in [6.07, 6.45) is 2.59. The molecule has 5 rings (SSSR count). The number of rotatable bonds is 8. The molecule has 0 aromatic heterocycles. The zero-order valence-electron chi connectivity index (χ0n) is 22.1. The number of esters is 1. The number of halogens is 1. The molecular formula is C30H24BrN3O8. The monoisotopic (exact) mass is 633 g/mol. The van der Waals surface area contributed by atoms with E-state index in [1.54, 1.807) is 24.3 Å². The first kappa shape index (κ1) is 28.8. The Hall–Kier alpha value is -4.71. The summed E-state index contributed by atoms with van der Waals surface area (Å²) in [5.74, 6) is -4.00. The van der Waals surface area contributed by atoms with Gasteiger partial charge in [0.05, 0.1) is 22.3 Å².